The van der Waals surface area contributed by atoms with E-state index < -0.39 is 18.3 Å². The standard InChI is InChI=1S/C24H40O4/c1-5-15(3)23(28)13-18-12-21(27)11-17-8-7-16(4)22(24(17)18)10-9-20(26)14-19(25)6-2/h7-8,11,15-16,18-22,24-27H,5-6,9-10,12-14H2,1-4H3. The van der Waals surface area contributed by atoms with Crippen LogP contribution in [0.4, 0.5) is 0 Å². The van der Waals surface area contributed by atoms with Gasteiger partial charge in [0.1, 0.15) is 5.78 Å². The molecular formula is C24H40O4. The monoisotopic (exact) mass is 392 g/mol. The topological polar surface area (TPSA) is 77.8 Å². The summed E-state index contributed by atoms with van der Waals surface area (Å²) >= 11 is 0. The highest BCUT2D eigenvalue weighted by Crippen LogP contribution is 2.46. The predicted molar refractivity (Wildman–Crippen MR) is 113 cm³/mol. The molecule has 0 bridgehead atoms. The molecule has 0 saturated carbocycles. The Labute approximate surface area is 170 Å². The van der Waals surface area contributed by atoms with Crippen LogP contribution >= 0.6 is 0 Å². The molecule has 28 heavy (non-hydrogen) atoms. The van der Waals surface area contributed by atoms with Crippen LogP contribution in [-0.2, 0) is 4.79 Å². The molecule has 8 unspecified atom stereocenters. The van der Waals surface area contributed by atoms with Crippen LogP contribution in [0, 0.1) is 29.6 Å². The zero-order chi connectivity index (χ0) is 20.8. The van der Waals surface area contributed by atoms with Gasteiger partial charge in [-0.25, -0.2) is 0 Å². The fraction of sp³-hybridized carbons (Fsp3) is 0.792. The van der Waals surface area contributed by atoms with E-state index in [-0.39, 0.29) is 17.8 Å². The van der Waals surface area contributed by atoms with Crippen molar-refractivity contribution in [1.82, 2.24) is 0 Å². The number of hydrogen-bond donors (Lipinski definition) is 3. The van der Waals surface area contributed by atoms with E-state index in [2.05, 4.69) is 19.1 Å². The lowest BCUT2D eigenvalue weighted by molar-refractivity contribution is -0.124. The average Bonchev–Trinajstić information content (AvgIpc) is 2.66. The summed E-state index contributed by atoms with van der Waals surface area (Å²) in [5, 5.41) is 30.5. The lowest BCUT2D eigenvalue weighted by atomic mass is 9.62. The molecular weight excluding hydrogens is 352 g/mol. The maximum Gasteiger partial charge on any atom is 0.135 e. The highest BCUT2D eigenvalue weighted by Gasteiger charge is 2.40. The number of ketones is 1. The minimum absolute atomic E-state index is 0.0684. The summed E-state index contributed by atoms with van der Waals surface area (Å²) in [6, 6.07) is 0. The van der Waals surface area contributed by atoms with Crippen molar-refractivity contribution in [3.63, 3.8) is 0 Å². The number of allylic oxidation sites excluding steroid dienone is 3. The second-order valence-electron chi connectivity index (χ2n) is 9.15. The van der Waals surface area contributed by atoms with Crippen molar-refractivity contribution in [2.24, 2.45) is 29.6 Å². The third kappa shape index (κ3) is 6.01. The van der Waals surface area contributed by atoms with Crippen molar-refractivity contribution in [3.05, 3.63) is 23.8 Å². The van der Waals surface area contributed by atoms with E-state index in [1.165, 1.54) is 0 Å². The van der Waals surface area contributed by atoms with E-state index in [0.717, 1.165) is 18.4 Å². The van der Waals surface area contributed by atoms with Gasteiger partial charge in [0.25, 0.3) is 0 Å². The molecule has 0 aliphatic heterocycles. The van der Waals surface area contributed by atoms with Gasteiger partial charge in [0.15, 0.2) is 0 Å². The van der Waals surface area contributed by atoms with Gasteiger partial charge in [0, 0.05) is 12.3 Å². The van der Waals surface area contributed by atoms with E-state index >= 15 is 0 Å². The summed E-state index contributed by atoms with van der Waals surface area (Å²) in [6.45, 7) is 8.18. The highest BCUT2D eigenvalue weighted by atomic mass is 16.3. The van der Waals surface area contributed by atoms with Crippen LogP contribution in [0.2, 0.25) is 0 Å². The van der Waals surface area contributed by atoms with Gasteiger partial charge < -0.3 is 15.3 Å². The first-order chi connectivity index (χ1) is 13.3. The Morgan fingerprint density at radius 3 is 2.57 bits per heavy atom. The summed E-state index contributed by atoms with van der Waals surface area (Å²) in [5.74, 6) is 1.52. The molecule has 0 aromatic heterocycles. The molecule has 4 heteroatoms. The number of carbonyl (C=O) groups excluding carboxylic acids is 1. The molecule has 0 heterocycles. The fourth-order valence-electron chi connectivity index (χ4n) is 4.95. The Kier molecular flexibility index (Phi) is 8.91. The van der Waals surface area contributed by atoms with E-state index in [4.69, 9.17) is 0 Å². The second kappa shape index (κ2) is 10.7. The van der Waals surface area contributed by atoms with Crippen molar-refractivity contribution in [1.29, 1.82) is 0 Å². The molecule has 2 aliphatic rings. The molecule has 4 nitrogen and oxygen atoms in total. The molecule has 0 fully saturated rings. The zero-order valence-electron chi connectivity index (χ0n) is 18.1. The van der Waals surface area contributed by atoms with Gasteiger partial charge in [-0.15, -0.1) is 0 Å². The normalized spacial score (nSPS) is 33.0. The average molecular weight is 393 g/mol. The van der Waals surface area contributed by atoms with E-state index in [1.807, 2.05) is 26.8 Å². The van der Waals surface area contributed by atoms with Crippen molar-refractivity contribution >= 4 is 5.78 Å². The molecule has 8 atom stereocenters. The van der Waals surface area contributed by atoms with Crippen LogP contribution < -0.4 is 0 Å². The molecule has 2 aliphatic carbocycles. The fourth-order valence-corrected chi connectivity index (χ4v) is 4.95. The van der Waals surface area contributed by atoms with E-state index in [1.54, 1.807) is 0 Å². The number of hydrogen-bond acceptors (Lipinski definition) is 4. The van der Waals surface area contributed by atoms with Gasteiger partial charge in [0.05, 0.1) is 18.3 Å². The lowest BCUT2D eigenvalue weighted by Gasteiger charge is -2.43. The van der Waals surface area contributed by atoms with Gasteiger partial charge >= 0.3 is 0 Å². The van der Waals surface area contributed by atoms with Crippen molar-refractivity contribution in [3.8, 4) is 0 Å². The van der Waals surface area contributed by atoms with Crippen LogP contribution in [0.5, 0.6) is 0 Å². The van der Waals surface area contributed by atoms with Crippen molar-refractivity contribution < 1.29 is 20.1 Å². The number of aliphatic hydroxyl groups excluding tert-OH is 3. The first-order valence-electron chi connectivity index (χ1n) is 11.2. The minimum atomic E-state index is -0.491. The van der Waals surface area contributed by atoms with Crippen molar-refractivity contribution in [2.45, 2.75) is 91.0 Å². The lowest BCUT2D eigenvalue weighted by Crippen LogP contribution is -2.38. The first kappa shape index (κ1) is 23.3. The summed E-state index contributed by atoms with van der Waals surface area (Å²) in [6.07, 6.45) is 9.52. The smallest absolute Gasteiger partial charge is 0.135 e. The maximum atomic E-state index is 12.6. The maximum absolute atomic E-state index is 12.6. The summed E-state index contributed by atoms with van der Waals surface area (Å²) in [4.78, 5) is 12.6. The number of carbonyl (C=O) groups is 1. The molecule has 3 N–H and O–H groups in total. The van der Waals surface area contributed by atoms with Gasteiger partial charge in [-0.3, -0.25) is 4.79 Å². The Bertz CT molecular complexity index is 567. The second-order valence-corrected chi connectivity index (χ2v) is 9.15. The Balaban J connectivity index is 2.13. The summed E-state index contributed by atoms with van der Waals surface area (Å²) in [7, 11) is 0. The van der Waals surface area contributed by atoms with Crippen LogP contribution in [0.3, 0.4) is 0 Å². The molecule has 0 aromatic carbocycles. The summed E-state index contributed by atoms with van der Waals surface area (Å²) in [5.41, 5.74) is 1.16. The van der Waals surface area contributed by atoms with Gasteiger partial charge in [-0.1, -0.05) is 45.9 Å². The largest absolute Gasteiger partial charge is 0.393 e. The molecule has 160 valence electrons. The third-order valence-corrected chi connectivity index (χ3v) is 7.02. The van der Waals surface area contributed by atoms with E-state index in [0.29, 0.717) is 49.7 Å². The minimum Gasteiger partial charge on any atom is -0.393 e. The van der Waals surface area contributed by atoms with Crippen molar-refractivity contribution in [2.75, 3.05) is 0 Å². The highest BCUT2D eigenvalue weighted by molar-refractivity contribution is 5.81. The molecule has 0 spiro atoms. The molecule has 2 rings (SSSR count). The number of rotatable bonds is 10. The van der Waals surface area contributed by atoms with Gasteiger partial charge in [-0.05, 0) is 67.8 Å². The SMILES string of the molecule is CCC(O)CC(O)CCC1C(C)C=CC2=CC(O)CC(CC(=O)C(C)CC)C21. The molecule has 0 radical (unpaired) electrons. The third-order valence-electron chi connectivity index (χ3n) is 7.02. The molecule has 0 saturated heterocycles. The molecule has 0 aromatic rings. The van der Waals surface area contributed by atoms with Gasteiger partial charge in [-0.2, -0.15) is 0 Å². The van der Waals surface area contributed by atoms with Gasteiger partial charge in [0.2, 0.25) is 0 Å². The van der Waals surface area contributed by atoms with Crippen LogP contribution in [0.15, 0.2) is 23.8 Å². The Morgan fingerprint density at radius 1 is 1.21 bits per heavy atom. The Morgan fingerprint density at radius 2 is 1.93 bits per heavy atom. The molecule has 0 amide bonds. The zero-order valence-corrected chi connectivity index (χ0v) is 18.1. The van der Waals surface area contributed by atoms with Crippen LogP contribution in [0.1, 0.15) is 72.6 Å². The van der Waals surface area contributed by atoms with E-state index in [9.17, 15) is 20.1 Å². The number of aliphatic hydroxyl groups is 3. The number of fused-ring (bicyclic) bond motifs is 1. The summed E-state index contributed by atoms with van der Waals surface area (Å²) < 4.78 is 0. The quantitative estimate of drug-likeness (QED) is 0.524. The van der Waals surface area contributed by atoms with Crippen LogP contribution in [0.25, 0.3) is 0 Å². The first-order valence-corrected chi connectivity index (χ1v) is 11.2. The Hall–Kier alpha value is -0.970. The number of Topliss-reactive ketones (excluding diaryl/α,β-unsaturated/α-hetero) is 1. The van der Waals surface area contributed by atoms with Crippen LogP contribution in [-0.4, -0.2) is 39.4 Å². The predicted octanol–water partition coefficient (Wildman–Crippen LogP) is 4.04.